The van der Waals surface area contributed by atoms with Gasteiger partial charge in [0, 0.05) is 13.1 Å². The number of methoxy groups -OCH3 is 1. The molecule has 25 heavy (non-hydrogen) atoms. The topological polar surface area (TPSA) is 99.8 Å². The first-order chi connectivity index (χ1) is 11.9. The quantitative estimate of drug-likeness (QED) is 0.460. The second-order valence-electron chi connectivity index (χ2n) is 5.88. The summed E-state index contributed by atoms with van der Waals surface area (Å²) in [7, 11) is 1.55. The summed E-state index contributed by atoms with van der Waals surface area (Å²) in [6, 6.07) is 6.30. The standard InChI is InChI=1S/C17H24N4O4/c1-4-18-9-10-19-14(22)11-21-15(23)17(2,20-16(21)24)12-5-7-13(25-3)8-6-12/h5-8,18H,4,9-11H2,1-3H3,(H,19,22)(H,20,24). The number of nitrogens with one attached hydrogen (secondary N) is 3. The zero-order chi connectivity index (χ0) is 18.4. The van der Waals surface area contributed by atoms with Crippen molar-refractivity contribution in [1.29, 1.82) is 0 Å². The van der Waals surface area contributed by atoms with Gasteiger partial charge in [0.05, 0.1) is 7.11 Å². The molecule has 0 aromatic heterocycles. The Kier molecular flexibility index (Phi) is 5.97. The molecular weight excluding hydrogens is 324 g/mol. The second kappa shape index (κ2) is 7.98. The van der Waals surface area contributed by atoms with Crippen LogP contribution < -0.4 is 20.7 Å². The van der Waals surface area contributed by atoms with E-state index in [0.717, 1.165) is 11.4 Å². The van der Waals surface area contributed by atoms with Crippen molar-refractivity contribution in [1.82, 2.24) is 20.9 Å². The van der Waals surface area contributed by atoms with E-state index in [4.69, 9.17) is 4.74 Å². The molecule has 1 saturated heterocycles. The maximum Gasteiger partial charge on any atom is 0.325 e. The zero-order valence-electron chi connectivity index (χ0n) is 14.7. The van der Waals surface area contributed by atoms with Crippen LogP contribution in [0.15, 0.2) is 24.3 Å². The van der Waals surface area contributed by atoms with Gasteiger partial charge in [-0.1, -0.05) is 19.1 Å². The van der Waals surface area contributed by atoms with Crippen LogP contribution in [0.3, 0.4) is 0 Å². The lowest BCUT2D eigenvalue weighted by atomic mass is 9.92. The number of amides is 4. The number of urea groups is 1. The van der Waals surface area contributed by atoms with Crippen LogP contribution in [-0.2, 0) is 15.1 Å². The molecule has 1 aliphatic rings. The van der Waals surface area contributed by atoms with Gasteiger partial charge in [-0.2, -0.15) is 0 Å². The van der Waals surface area contributed by atoms with Crippen molar-refractivity contribution in [3.8, 4) is 5.75 Å². The number of nitrogens with zero attached hydrogens (tertiary/aromatic N) is 1. The molecule has 0 aliphatic carbocycles. The molecule has 1 atom stereocenters. The summed E-state index contributed by atoms with van der Waals surface area (Å²) < 4.78 is 5.10. The highest BCUT2D eigenvalue weighted by atomic mass is 16.5. The Balaban J connectivity index is 2.04. The molecule has 8 nitrogen and oxygen atoms in total. The van der Waals surface area contributed by atoms with Crippen molar-refractivity contribution in [2.75, 3.05) is 33.3 Å². The number of imide groups is 1. The maximum atomic E-state index is 12.7. The Morgan fingerprint density at radius 2 is 1.92 bits per heavy atom. The lowest BCUT2D eigenvalue weighted by Gasteiger charge is -2.22. The zero-order valence-corrected chi connectivity index (χ0v) is 14.7. The van der Waals surface area contributed by atoms with Gasteiger partial charge in [-0.05, 0) is 31.2 Å². The minimum atomic E-state index is -1.20. The Morgan fingerprint density at radius 1 is 1.24 bits per heavy atom. The van der Waals surface area contributed by atoms with Gasteiger partial charge >= 0.3 is 6.03 Å². The molecule has 0 radical (unpaired) electrons. The molecule has 1 aromatic carbocycles. The Hall–Kier alpha value is -2.61. The summed E-state index contributed by atoms with van der Waals surface area (Å²) in [4.78, 5) is 37.8. The molecular formula is C17H24N4O4. The maximum absolute atomic E-state index is 12.7. The van der Waals surface area contributed by atoms with Gasteiger partial charge in [-0.15, -0.1) is 0 Å². The number of likely N-dealkylation sites (N-methyl/N-ethyl adjacent to an activating group) is 1. The average Bonchev–Trinajstić information content (AvgIpc) is 2.83. The average molecular weight is 348 g/mol. The van der Waals surface area contributed by atoms with Crippen LogP contribution >= 0.6 is 0 Å². The van der Waals surface area contributed by atoms with Crippen molar-refractivity contribution in [2.24, 2.45) is 0 Å². The van der Waals surface area contributed by atoms with Gasteiger partial charge in [-0.25, -0.2) is 4.79 Å². The highest BCUT2D eigenvalue weighted by Crippen LogP contribution is 2.29. The van der Waals surface area contributed by atoms with Crippen LogP contribution in [0, 0.1) is 0 Å². The molecule has 4 amide bonds. The summed E-state index contributed by atoms with van der Waals surface area (Å²) in [6.45, 7) is 5.16. The normalized spacial score (nSPS) is 19.7. The van der Waals surface area contributed by atoms with E-state index < -0.39 is 17.5 Å². The third-order valence-corrected chi connectivity index (χ3v) is 4.12. The molecule has 1 heterocycles. The van der Waals surface area contributed by atoms with Gasteiger partial charge in [0.1, 0.15) is 17.8 Å². The van der Waals surface area contributed by atoms with E-state index >= 15 is 0 Å². The van der Waals surface area contributed by atoms with Crippen molar-refractivity contribution < 1.29 is 19.1 Å². The molecule has 8 heteroatoms. The minimum Gasteiger partial charge on any atom is -0.497 e. The summed E-state index contributed by atoms with van der Waals surface area (Å²) >= 11 is 0. The number of hydrogen-bond acceptors (Lipinski definition) is 5. The first-order valence-corrected chi connectivity index (χ1v) is 8.18. The van der Waals surface area contributed by atoms with E-state index in [9.17, 15) is 14.4 Å². The number of benzene rings is 1. The molecule has 0 bridgehead atoms. The SMILES string of the molecule is CCNCCNC(=O)CN1C(=O)NC(C)(c2ccc(OC)cc2)C1=O. The van der Waals surface area contributed by atoms with Gasteiger partial charge < -0.3 is 20.7 Å². The molecule has 136 valence electrons. The molecule has 0 spiro atoms. The van der Waals surface area contributed by atoms with Crippen LogP contribution in [0.4, 0.5) is 4.79 Å². The summed E-state index contributed by atoms with van der Waals surface area (Å²) in [5.74, 6) is -0.175. The van der Waals surface area contributed by atoms with Crippen molar-refractivity contribution in [2.45, 2.75) is 19.4 Å². The van der Waals surface area contributed by atoms with Gasteiger partial charge in [0.15, 0.2) is 0 Å². The van der Waals surface area contributed by atoms with E-state index in [1.165, 1.54) is 0 Å². The van der Waals surface area contributed by atoms with Crippen molar-refractivity contribution >= 4 is 17.8 Å². The van der Waals surface area contributed by atoms with E-state index in [1.54, 1.807) is 38.3 Å². The molecule has 1 aromatic rings. The lowest BCUT2D eigenvalue weighted by molar-refractivity contribution is -0.134. The largest absolute Gasteiger partial charge is 0.497 e. The molecule has 1 aliphatic heterocycles. The number of rotatable bonds is 8. The first kappa shape index (κ1) is 18.7. The van der Waals surface area contributed by atoms with Gasteiger partial charge in [-0.3, -0.25) is 14.5 Å². The third kappa shape index (κ3) is 4.08. The van der Waals surface area contributed by atoms with Gasteiger partial charge in [0.2, 0.25) is 5.91 Å². The molecule has 3 N–H and O–H groups in total. The first-order valence-electron chi connectivity index (χ1n) is 8.18. The summed E-state index contributed by atoms with van der Waals surface area (Å²) in [6.07, 6.45) is 0. The lowest BCUT2D eigenvalue weighted by Crippen LogP contribution is -2.44. The molecule has 2 rings (SSSR count). The minimum absolute atomic E-state index is 0.303. The van der Waals surface area contributed by atoms with E-state index in [2.05, 4.69) is 16.0 Å². The summed E-state index contributed by atoms with van der Waals surface area (Å²) in [5.41, 5.74) is -0.574. The highest BCUT2D eigenvalue weighted by Gasteiger charge is 2.49. The predicted octanol–water partition coefficient (Wildman–Crippen LogP) is 0.188. The monoisotopic (exact) mass is 348 g/mol. The fraction of sp³-hybridized carbons (Fsp3) is 0.471. The Bertz CT molecular complexity index is 647. The molecule has 1 unspecified atom stereocenters. The van der Waals surface area contributed by atoms with Crippen LogP contribution in [0.2, 0.25) is 0 Å². The third-order valence-electron chi connectivity index (χ3n) is 4.12. The fourth-order valence-electron chi connectivity index (χ4n) is 2.63. The van der Waals surface area contributed by atoms with Crippen LogP contribution in [0.25, 0.3) is 0 Å². The number of hydrogen-bond donors (Lipinski definition) is 3. The number of ether oxygens (including phenoxy) is 1. The van der Waals surface area contributed by atoms with Crippen LogP contribution in [0.1, 0.15) is 19.4 Å². The Morgan fingerprint density at radius 3 is 2.52 bits per heavy atom. The Labute approximate surface area is 146 Å². The van der Waals surface area contributed by atoms with E-state index in [1.807, 2.05) is 6.92 Å². The van der Waals surface area contributed by atoms with Gasteiger partial charge in [0.25, 0.3) is 5.91 Å². The van der Waals surface area contributed by atoms with Crippen LogP contribution in [-0.4, -0.2) is 56.0 Å². The smallest absolute Gasteiger partial charge is 0.325 e. The highest BCUT2D eigenvalue weighted by molar-refractivity contribution is 6.09. The van der Waals surface area contributed by atoms with Crippen LogP contribution in [0.5, 0.6) is 5.75 Å². The predicted molar refractivity (Wildman–Crippen MR) is 92.1 cm³/mol. The van der Waals surface area contributed by atoms with E-state index in [-0.39, 0.29) is 12.5 Å². The summed E-state index contributed by atoms with van der Waals surface area (Å²) in [5, 5.41) is 8.42. The number of carbonyl (C=O) groups excluding carboxylic acids is 3. The van der Waals surface area contributed by atoms with Crippen molar-refractivity contribution in [3.63, 3.8) is 0 Å². The molecule has 1 fully saturated rings. The van der Waals surface area contributed by atoms with Crippen molar-refractivity contribution in [3.05, 3.63) is 29.8 Å². The second-order valence-corrected chi connectivity index (χ2v) is 5.88. The van der Waals surface area contributed by atoms with E-state index in [0.29, 0.717) is 24.4 Å². The fourth-order valence-corrected chi connectivity index (χ4v) is 2.63. The molecule has 0 saturated carbocycles. The number of carbonyl (C=O) groups is 3.